The van der Waals surface area contributed by atoms with Gasteiger partial charge in [-0.1, -0.05) is 0 Å². The highest BCUT2D eigenvalue weighted by atomic mass is 16.1. The van der Waals surface area contributed by atoms with Crippen molar-refractivity contribution in [3.8, 4) is 0 Å². The zero-order valence-corrected chi connectivity index (χ0v) is 6.32. The van der Waals surface area contributed by atoms with E-state index in [4.69, 9.17) is 5.73 Å². The van der Waals surface area contributed by atoms with Crippen molar-refractivity contribution in [3.05, 3.63) is 24.3 Å². The third-order valence-electron chi connectivity index (χ3n) is 1.46. The summed E-state index contributed by atoms with van der Waals surface area (Å²) in [5.41, 5.74) is 7.01. The Morgan fingerprint density at radius 2 is 1.91 bits per heavy atom. The fraction of sp³-hybridized carbons (Fsp3) is 0.125. The molecular weight excluding hydrogens is 140 g/mol. The highest BCUT2D eigenvalue weighted by Gasteiger charge is 1.95. The van der Waals surface area contributed by atoms with Crippen LogP contribution in [0.15, 0.2) is 24.3 Å². The lowest BCUT2D eigenvalue weighted by atomic mass is 10.3. The molecule has 0 saturated heterocycles. The van der Waals surface area contributed by atoms with Crippen LogP contribution in [0, 0.1) is 0 Å². The molecule has 0 bridgehead atoms. The Hall–Kier alpha value is -1.51. The largest absolute Gasteiger partial charge is 0.399 e. The quantitative estimate of drug-likeness (QED) is 0.502. The van der Waals surface area contributed by atoms with Crippen molar-refractivity contribution in [1.29, 1.82) is 0 Å². The molecule has 0 aliphatic carbocycles. The molecule has 3 nitrogen and oxygen atoms in total. The van der Waals surface area contributed by atoms with Crippen molar-refractivity contribution in [2.45, 2.75) is 0 Å². The van der Waals surface area contributed by atoms with E-state index in [0.717, 1.165) is 12.1 Å². The maximum atomic E-state index is 10.3. The highest BCUT2D eigenvalue weighted by molar-refractivity contribution is 5.74. The molecular formula is C8H10N2O. The molecule has 0 fully saturated rings. The lowest BCUT2D eigenvalue weighted by Crippen LogP contribution is -2.13. The highest BCUT2D eigenvalue weighted by Crippen LogP contribution is 2.12. The SMILES string of the molecule is CN(C=O)c1ccc(N)cc1. The number of amides is 1. The summed E-state index contributed by atoms with van der Waals surface area (Å²) in [5, 5.41) is 0. The Morgan fingerprint density at radius 3 is 2.36 bits per heavy atom. The molecule has 0 radical (unpaired) electrons. The van der Waals surface area contributed by atoms with Gasteiger partial charge in [0, 0.05) is 18.4 Å². The zero-order chi connectivity index (χ0) is 8.27. The van der Waals surface area contributed by atoms with Crippen molar-refractivity contribution in [1.82, 2.24) is 0 Å². The Bertz CT molecular complexity index is 243. The molecule has 1 rings (SSSR count). The van der Waals surface area contributed by atoms with Crippen molar-refractivity contribution in [2.24, 2.45) is 0 Å². The van der Waals surface area contributed by atoms with Gasteiger partial charge in [0.05, 0.1) is 0 Å². The number of anilines is 2. The number of carbonyl (C=O) groups excluding carboxylic acids is 1. The number of benzene rings is 1. The van der Waals surface area contributed by atoms with Crippen LogP contribution in [-0.4, -0.2) is 13.5 Å². The third-order valence-corrected chi connectivity index (χ3v) is 1.46. The summed E-state index contributed by atoms with van der Waals surface area (Å²) < 4.78 is 0. The number of hydrogen-bond donors (Lipinski definition) is 1. The third kappa shape index (κ3) is 1.70. The molecule has 0 aromatic heterocycles. The van der Waals surface area contributed by atoms with Crippen molar-refractivity contribution >= 4 is 17.8 Å². The van der Waals surface area contributed by atoms with E-state index in [1.54, 1.807) is 31.3 Å². The minimum Gasteiger partial charge on any atom is -0.399 e. The van der Waals surface area contributed by atoms with Crippen molar-refractivity contribution in [3.63, 3.8) is 0 Å². The van der Waals surface area contributed by atoms with Crippen LogP contribution >= 0.6 is 0 Å². The predicted molar refractivity (Wildman–Crippen MR) is 45.3 cm³/mol. The minimum atomic E-state index is 0.702. The second-order valence-corrected chi connectivity index (χ2v) is 2.31. The van der Waals surface area contributed by atoms with Gasteiger partial charge in [-0.3, -0.25) is 4.79 Å². The van der Waals surface area contributed by atoms with Crippen LogP contribution in [0.25, 0.3) is 0 Å². The molecule has 3 heteroatoms. The van der Waals surface area contributed by atoms with Crippen LogP contribution in [0.2, 0.25) is 0 Å². The van der Waals surface area contributed by atoms with Gasteiger partial charge in [-0.15, -0.1) is 0 Å². The predicted octanol–water partition coefficient (Wildman–Crippen LogP) is 0.861. The standard InChI is InChI=1S/C8H10N2O/c1-10(6-11)8-4-2-7(9)3-5-8/h2-6H,9H2,1H3. The number of nitrogens with two attached hydrogens (primary N) is 1. The average molecular weight is 150 g/mol. The maximum Gasteiger partial charge on any atom is 0.213 e. The van der Waals surface area contributed by atoms with E-state index in [-0.39, 0.29) is 0 Å². The van der Waals surface area contributed by atoms with Gasteiger partial charge in [0.2, 0.25) is 6.41 Å². The molecule has 0 spiro atoms. The van der Waals surface area contributed by atoms with Crippen LogP contribution in [0.5, 0.6) is 0 Å². The first kappa shape index (κ1) is 7.60. The zero-order valence-electron chi connectivity index (χ0n) is 6.32. The number of nitrogen functional groups attached to an aromatic ring is 1. The summed E-state index contributed by atoms with van der Waals surface area (Å²) in [7, 11) is 1.69. The first-order chi connectivity index (χ1) is 5.24. The number of nitrogens with zero attached hydrogens (tertiary/aromatic N) is 1. The summed E-state index contributed by atoms with van der Waals surface area (Å²) in [6, 6.07) is 7.11. The summed E-state index contributed by atoms with van der Waals surface area (Å²) in [6.45, 7) is 0. The van der Waals surface area contributed by atoms with Crippen molar-refractivity contribution < 1.29 is 4.79 Å². The van der Waals surface area contributed by atoms with Crippen molar-refractivity contribution in [2.75, 3.05) is 17.7 Å². The van der Waals surface area contributed by atoms with Crippen LogP contribution in [0.4, 0.5) is 11.4 Å². The summed E-state index contributed by atoms with van der Waals surface area (Å²) in [5.74, 6) is 0. The Balaban J connectivity index is 2.89. The molecule has 1 aromatic carbocycles. The van der Waals surface area contributed by atoms with Gasteiger partial charge in [0.25, 0.3) is 0 Å². The summed E-state index contributed by atoms with van der Waals surface area (Å²) in [4.78, 5) is 11.8. The van der Waals surface area contributed by atoms with Crippen LogP contribution in [-0.2, 0) is 4.79 Å². The fourth-order valence-electron chi connectivity index (χ4n) is 0.770. The topological polar surface area (TPSA) is 46.3 Å². The monoisotopic (exact) mass is 150 g/mol. The number of rotatable bonds is 2. The lowest BCUT2D eigenvalue weighted by Gasteiger charge is -2.09. The molecule has 11 heavy (non-hydrogen) atoms. The average Bonchev–Trinajstić information content (AvgIpc) is 2.05. The van der Waals surface area contributed by atoms with Gasteiger partial charge < -0.3 is 10.6 Å². The Labute approximate surface area is 65.4 Å². The normalized spacial score (nSPS) is 9.18. The molecule has 1 aromatic rings. The Kier molecular flexibility index (Phi) is 2.11. The second-order valence-electron chi connectivity index (χ2n) is 2.31. The van der Waals surface area contributed by atoms with Gasteiger partial charge in [0.1, 0.15) is 0 Å². The minimum absolute atomic E-state index is 0.702. The van der Waals surface area contributed by atoms with Crippen LogP contribution < -0.4 is 10.6 Å². The van der Waals surface area contributed by atoms with Gasteiger partial charge in [-0.2, -0.15) is 0 Å². The van der Waals surface area contributed by atoms with E-state index in [9.17, 15) is 4.79 Å². The summed E-state index contributed by atoms with van der Waals surface area (Å²) in [6.07, 6.45) is 0.755. The van der Waals surface area contributed by atoms with E-state index >= 15 is 0 Å². The number of hydrogen-bond acceptors (Lipinski definition) is 2. The maximum absolute atomic E-state index is 10.3. The second kappa shape index (κ2) is 3.05. The lowest BCUT2D eigenvalue weighted by molar-refractivity contribution is -0.107. The first-order valence-corrected chi connectivity index (χ1v) is 3.27. The van der Waals surface area contributed by atoms with E-state index in [1.165, 1.54) is 4.90 Å². The first-order valence-electron chi connectivity index (χ1n) is 3.27. The molecule has 2 N–H and O–H groups in total. The fourth-order valence-corrected chi connectivity index (χ4v) is 0.770. The molecule has 0 saturated carbocycles. The van der Waals surface area contributed by atoms with Gasteiger partial charge in [-0.25, -0.2) is 0 Å². The molecule has 0 unspecified atom stereocenters. The molecule has 0 atom stereocenters. The van der Waals surface area contributed by atoms with Gasteiger partial charge in [0.15, 0.2) is 0 Å². The van der Waals surface area contributed by atoms with Gasteiger partial charge >= 0.3 is 0 Å². The van der Waals surface area contributed by atoms with E-state index in [2.05, 4.69) is 0 Å². The van der Waals surface area contributed by atoms with E-state index in [1.807, 2.05) is 0 Å². The van der Waals surface area contributed by atoms with Gasteiger partial charge in [-0.05, 0) is 24.3 Å². The molecule has 58 valence electrons. The van der Waals surface area contributed by atoms with Crippen LogP contribution in [0.3, 0.4) is 0 Å². The molecule has 1 amide bonds. The molecule has 0 aliphatic heterocycles. The number of carbonyl (C=O) groups is 1. The molecule has 0 heterocycles. The van der Waals surface area contributed by atoms with E-state index < -0.39 is 0 Å². The van der Waals surface area contributed by atoms with Crippen LogP contribution in [0.1, 0.15) is 0 Å². The Morgan fingerprint density at radius 1 is 1.36 bits per heavy atom. The smallest absolute Gasteiger partial charge is 0.213 e. The van der Waals surface area contributed by atoms with E-state index in [0.29, 0.717) is 5.69 Å². The summed E-state index contributed by atoms with van der Waals surface area (Å²) >= 11 is 0. The molecule has 0 aliphatic rings.